The van der Waals surface area contributed by atoms with E-state index in [2.05, 4.69) is 0 Å². The maximum Gasteiger partial charge on any atom is 0.313 e. The van der Waals surface area contributed by atoms with Gasteiger partial charge in [-0.25, -0.2) is 0 Å². The van der Waals surface area contributed by atoms with Crippen molar-refractivity contribution >= 4 is 23.5 Å². The lowest BCUT2D eigenvalue weighted by Gasteiger charge is -2.03. The van der Waals surface area contributed by atoms with Crippen molar-refractivity contribution in [1.29, 1.82) is 0 Å². The Morgan fingerprint density at radius 2 is 1.69 bits per heavy atom. The van der Waals surface area contributed by atoms with Gasteiger partial charge in [-0.3, -0.25) is 9.59 Å². The van der Waals surface area contributed by atoms with Gasteiger partial charge in [0.2, 0.25) is 0 Å². The minimum Gasteiger partial charge on any atom is -0.481 e. The van der Waals surface area contributed by atoms with E-state index in [0.29, 0.717) is 5.56 Å². The molecule has 0 atom stereocenters. The fourth-order valence-electron chi connectivity index (χ4n) is 1.45. The van der Waals surface area contributed by atoms with Gasteiger partial charge in [0.05, 0.1) is 11.5 Å². The molecule has 86 valence electrons. The zero-order chi connectivity index (χ0) is 12.1. The number of Topliss-reactive ketones (excluding diaryl/α,β-unsaturated/α-hetero) is 1. The Bertz CT molecular complexity index is 392. The van der Waals surface area contributed by atoms with Crippen LogP contribution in [0.3, 0.4) is 0 Å². The topological polar surface area (TPSA) is 54.4 Å². The molecular weight excluding hydrogens is 224 g/mol. The fraction of sp³-hybridized carbons (Fsp3) is 0.333. The third kappa shape index (κ3) is 4.06. The van der Waals surface area contributed by atoms with Crippen molar-refractivity contribution in [3.05, 3.63) is 34.9 Å². The van der Waals surface area contributed by atoms with Crippen LogP contribution < -0.4 is 0 Å². The molecule has 1 aromatic carbocycles. The van der Waals surface area contributed by atoms with Crippen LogP contribution in [-0.2, 0) is 4.79 Å². The second kappa shape index (κ2) is 5.70. The monoisotopic (exact) mass is 238 g/mol. The van der Waals surface area contributed by atoms with Gasteiger partial charge >= 0.3 is 5.97 Å². The van der Waals surface area contributed by atoms with Crippen molar-refractivity contribution in [2.24, 2.45) is 0 Å². The summed E-state index contributed by atoms with van der Waals surface area (Å²) in [6.45, 7) is 3.88. The molecule has 1 rings (SSSR count). The molecule has 0 aliphatic heterocycles. The Morgan fingerprint density at radius 3 is 2.19 bits per heavy atom. The molecule has 0 saturated carbocycles. The number of thioether (sulfide) groups is 1. The van der Waals surface area contributed by atoms with Crippen molar-refractivity contribution in [1.82, 2.24) is 0 Å². The van der Waals surface area contributed by atoms with Crippen LogP contribution in [0.2, 0.25) is 0 Å². The number of ketones is 1. The van der Waals surface area contributed by atoms with Gasteiger partial charge in [-0.15, -0.1) is 11.8 Å². The van der Waals surface area contributed by atoms with Gasteiger partial charge in [-0.1, -0.05) is 17.2 Å². The molecule has 0 heterocycles. The molecule has 0 aromatic heterocycles. The van der Waals surface area contributed by atoms with Crippen LogP contribution in [0.15, 0.2) is 18.2 Å². The summed E-state index contributed by atoms with van der Waals surface area (Å²) in [7, 11) is 0. The second-order valence-electron chi connectivity index (χ2n) is 3.69. The van der Waals surface area contributed by atoms with Gasteiger partial charge in [0.1, 0.15) is 0 Å². The van der Waals surface area contributed by atoms with Crippen LogP contribution in [-0.4, -0.2) is 28.4 Å². The summed E-state index contributed by atoms with van der Waals surface area (Å²) in [6, 6.07) is 5.66. The molecule has 0 saturated heterocycles. The third-order valence-corrected chi connectivity index (χ3v) is 2.92. The Balaban J connectivity index is 2.62. The molecule has 0 amide bonds. The minimum atomic E-state index is -0.891. The summed E-state index contributed by atoms with van der Waals surface area (Å²) in [4.78, 5) is 22.0. The van der Waals surface area contributed by atoms with Crippen molar-refractivity contribution in [2.45, 2.75) is 13.8 Å². The summed E-state index contributed by atoms with van der Waals surface area (Å²) in [6.07, 6.45) is 0. The quantitative estimate of drug-likeness (QED) is 0.800. The number of rotatable bonds is 5. The lowest BCUT2D eigenvalue weighted by molar-refractivity contribution is -0.133. The van der Waals surface area contributed by atoms with Gasteiger partial charge in [0.15, 0.2) is 5.78 Å². The highest BCUT2D eigenvalue weighted by Gasteiger charge is 2.08. The maximum absolute atomic E-state index is 11.7. The number of carboxylic acid groups (broad SMARTS) is 1. The number of carbonyl (C=O) groups excluding carboxylic acids is 1. The van der Waals surface area contributed by atoms with E-state index in [1.807, 2.05) is 32.0 Å². The first-order valence-corrected chi connectivity index (χ1v) is 6.05. The van der Waals surface area contributed by atoms with E-state index in [1.165, 1.54) is 0 Å². The standard InChI is InChI=1S/C12H14O3S/c1-8-3-9(2)5-10(4-8)11(13)6-16-7-12(14)15/h3-5H,6-7H2,1-2H3,(H,14,15). The highest BCUT2D eigenvalue weighted by atomic mass is 32.2. The van der Waals surface area contributed by atoms with E-state index in [9.17, 15) is 9.59 Å². The van der Waals surface area contributed by atoms with Crippen molar-refractivity contribution in [2.75, 3.05) is 11.5 Å². The molecule has 1 N–H and O–H groups in total. The largest absolute Gasteiger partial charge is 0.481 e. The zero-order valence-corrected chi connectivity index (χ0v) is 10.1. The lowest BCUT2D eigenvalue weighted by Crippen LogP contribution is -2.06. The Hall–Kier alpha value is -1.29. The number of carbonyl (C=O) groups is 2. The highest BCUT2D eigenvalue weighted by Crippen LogP contribution is 2.12. The van der Waals surface area contributed by atoms with E-state index < -0.39 is 5.97 Å². The number of hydrogen-bond donors (Lipinski definition) is 1. The van der Waals surface area contributed by atoms with Crippen LogP contribution >= 0.6 is 11.8 Å². The lowest BCUT2D eigenvalue weighted by atomic mass is 10.1. The normalized spacial score (nSPS) is 10.1. The van der Waals surface area contributed by atoms with Gasteiger partial charge in [0, 0.05) is 5.56 Å². The SMILES string of the molecule is Cc1cc(C)cc(C(=O)CSCC(=O)O)c1. The Morgan fingerprint density at radius 1 is 1.12 bits per heavy atom. The molecule has 4 heteroatoms. The molecule has 0 radical (unpaired) electrons. The predicted octanol–water partition coefficient (Wildman–Crippen LogP) is 2.30. The molecule has 3 nitrogen and oxygen atoms in total. The molecule has 0 aliphatic carbocycles. The van der Waals surface area contributed by atoms with E-state index in [1.54, 1.807) is 0 Å². The average Bonchev–Trinajstić information content (AvgIpc) is 2.15. The van der Waals surface area contributed by atoms with Crippen LogP contribution in [0, 0.1) is 13.8 Å². The van der Waals surface area contributed by atoms with Gasteiger partial charge in [0.25, 0.3) is 0 Å². The average molecular weight is 238 g/mol. The molecule has 0 bridgehead atoms. The summed E-state index contributed by atoms with van der Waals surface area (Å²) in [5.74, 6) is -0.720. The second-order valence-corrected chi connectivity index (χ2v) is 4.67. The first-order chi connectivity index (χ1) is 7.49. The van der Waals surface area contributed by atoms with E-state index in [0.717, 1.165) is 22.9 Å². The number of aliphatic carboxylic acids is 1. The number of carboxylic acids is 1. The molecule has 0 aliphatic rings. The first kappa shape index (κ1) is 12.8. The molecule has 0 unspecified atom stereocenters. The minimum absolute atomic E-state index is 0.0157. The molecule has 0 spiro atoms. The summed E-state index contributed by atoms with van der Waals surface area (Å²) in [5, 5.41) is 8.45. The summed E-state index contributed by atoms with van der Waals surface area (Å²) >= 11 is 1.13. The maximum atomic E-state index is 11.7. The first-order valence-electron chi connectivity index (χ1n) is 4.90. The fourth-order valence-corrected chi connectivity index (χ4v) is 2.08. The number of aryl methyl sites for hydroxylation is 2. The summed E-state index contributed by atoms with van der Waals surface area (Å²) < 4.78 is 0. The Labute approximate surface area is 98.9 Å². The summed E-state index contributed by atoms with van der Waals surface area (Å²) in [5.41, 5.74) is 2.76. The highest BCUT2D eigenvalue weighted by molar-refractivity contribution is 8.00. The van der Waals surface area contributed by atoms with E-state index >= 15 is 0 Å². The smallest absolute Gasteiger partial charge is 0.313 e. The molecular formula is C12H14O3S. The Kier molecular flexibility index (Phi) is 4.55. The number of benzene rings is 1. The van der Waals surface area contributed by atoms with Crippen molar-refractivity contribution < 1.29 is 14.7 Å². The van der Waals surface area contributed by atoms with Gasteiger partial charge in [-0.2, -0.15) is 0 Å². The van der Waals surface area contributed by atoms with Crippen LogP contribution in [0.4, 0.5) is 0 Å². The zero-order valence-electron chi connectivity index (χ0n) is 9.32. The van der Waals surface area contributed by atoms with Gasteiger partial charge in [-0.05, 0) is 26.0 Å². The predicted molar refractivity (Wildman–Crippen MR) is 65.2 cm³/mol. The third-order valence-electron chi connectivity index (χ3n) is 2.00. The van der Waals surface area contributed by atoms with Crippen molar-refractivity contribution in [3.63, 3.8) is 0 Å². The van der Waals surface area contributed by atoms with Crippen LogP contribution in [0.1, 0.15) is 21.5 Å². The number of hydrogen-bond acceptors (Lipinski definition) is 3. The van der Waals surface area contributed by atoms with Crippen molar-refractivity contribution in [3.8, 4) is 0 Å². The molecule has 1 aromatic rings. The van der Waals surface area contributed by atoms with Crippen LogP contribution in [0.5, 0.6) is 0 Å². The van der Waals surface area contributed by atoms with Crippen LogP contribution in [0.25, 0.3) is 0 Å². The van der Waals surface area contributed by atoms with Gasteiger partial charge < -0.3 is 5.11 Å². The molecule has 16 heavy (non-hydrogen) atoms. The molecule has 0 fully saturated rings. The van der Waals surface area contributed by atoms with E-state index in [-0.39, 0.29) is 17.3 Å². The van der Waals surface area contributed by atoms with E-state index in [4.69, 9.17) is 5.11 Å².